The first-order valence-corrected chi connectivity index (χ1v) is 8.40. The van der Waals surface area contributed by atoms with Gasteiger partial charge < -0.3 is 10.1 Å². The van der Waals surface area contributed by atoms with Gasteiger partial charge in [-0.25, -0.2) is 18.4 Å². The highest BCUT2D eigenvalue weighted by molar-refractivity contribution is 7.90. The van der Waals surface area contributed by atoms with Crippen molar-refractivity contribution in [2.75, 3.05) is 12.8 Å². The van der Waals surface area contributed by atoms with E-state index in [1.807, 2.05) is 0 Å². The number of rotatable bonds is 5. The van der Waals surface area contributed by atoms with Gasteiger partial charge in [0.05, 0.1) is 12.0 Å². The van der Waals surface area contributed by atoms with Crippen LogP contribution in [0.1, 0.15) is 37.6 Å². The standard InChI is InChI=1S/C13H19N3O5S/c1-13(2,3)21-10(17)5-6-14-11(18)9-7-15-12(16-8-9)22(4,19)20/h7-8H,5-6H2,1-4H3,(H,14,18). The highest BCUT2D eigenvalue weighted by Gasteiger charge is 2.17. The van der Waals surface area contributed by atoms with Crippen LogP contribution in [0.25, 0.3) is 0 Å². The van der Waals surface area contributed by atoms with E-state index >= 15 is 0 Å². The molecule has 0 aliphatic heterocycles. The Morgan fingerprint density at radius 3 is 2.23 bits per heavy atom. The Morgan fingerprint density at radius 2 is 1.77 bits per heavy atom. The SMILES string of the molecule is CC(C)(C)OC(=O)CCNC(=O)c1cnc(S(C)(=O)=O)nc1. The van der Waals surface area contributed by atoms with Crippen LogP contribution in [0.3, 0.4) is 0 Å². The molecule has 0 bridgehead atoms. The average molecular weight is 329 g/mol. The minimum Gasteiger partial charge on any atom is -0.460 e. The molecule has 1 aromatic heterocycles. The van der Waals surface area contributed by atoms with Gasteiger partial charge in [0.25, 0.3) is 5.91 Å². The molecule has 0 unspecified atom stereocenters. The van der Waals surface area contributed by atoms with E-state index < -0.39 is 27.3 Å². The Bertz CT molecular complexity index is 647. The van der Waals surface area contributed by atoms with Crippen LogP contribution in [-0.4, -0.2) is 48.7 Å². The maximum atomic E-state index is 11.8. The van der Waals surface area contributed by atoms with Crippen LogP contribution in [0.15, 0.2) is 17.6 Å². The second kappa shape index (κ2) is 6.82. The van der Waals surface area contributed by atoms with Crippen molar-refractivity contribution >= 4 is 21.7 Å². The van der Waals surface area contributed by atoms with Crippen molar-refractivity contribution in [3.63, 3.8) is 0 Å². The molecule has 0 spiro atoms. The number of hydrogen-bond acceptors (Lipinski definition) is 7. The molecule has 1 N–H and O–H groups in total. The fourth-order valence-corrected chi connectivity index (χ4v) is 1.89. The van der Waals surface area contributed by atoms with Gasteiger partial charge in [-0.3, -0.25) is 9.59 Å². The first-order chi connectivity index (χ1) is 9.99. The number of nitrogens with zero attached hydrogens (tertiary/aromatic N) is 2. The quantitative estimate of drug-likeness (QED) is 0.612. The van der Waals surface area contributed by atoms with Crippen molar-refractivity contribution in [2.24, 2.45) is 0 Å². The van der Waals surface area contributed by atoms with Gasteiger partial charge in [-0.15, -0.1) is 0 Å². The molecule has 9 heteroatoms. The fourth-order valence-electron chi connectivity index (χ4n) is 1.40. The molecule has 0 saturated carbocycles. The summed E-state index contributed by atoms with van der Waals surface area (Å²) in [6.07, 6.45) is 3.24. The van der Waals surface area contributed by atoms with Crippen LogP contribution >= 0.6 is 0 Å². The van der Waals surface area contributed by atoms with E-state index in [4.69, 9.17) is 4.74 Å². The topological polar surface area (TPSA) is 115 Å². The van der Waals surface area contributed by atoms with Gasteiger partial charge in [0, 0.05) is 25.2 Å². The summed E-state index contributed by atoms with van der Waals surface area (Å²) in [6.45, 7) is 5.36. The Balaban J connectivity index is 2.51. The molecule has 122 valence electrons. The number of nitrogens with one attached hydrogen (secondary N) is 1. The molecular weight excluding hydrogens is 310 g/mol. The highest BCUT2D eigenvalue weighted by Crippen LogP contribution is 2.08. The maximum Gasteiger partial charge on any atom is 0.308 e. The van der Waals surface area contributed by atoms with E-state index in [0.717, 1.165) is 18.6 Å². The normalized spacial score (nSPS) is 11.8. The number of esters is 1. The molecule has 0 aromatic carbocycles. The zero-order chi connectivity index (χ0) is 17.0. The number of aromatic nitrogens is 2. The summed E-state index contributed by atoms with van der Waals surface area (Å²) < 4.78 is 27.5. The van der Waals surface area contributed by atoms with Crippen LogP contribution in [0.5, 0.6) is 0 Å². The zero-order valence-electron chi connectivity index (χ0n) is 12.9. The lowest BCUT2D eigenvalue weighted by Crippen LogP contribution is -2.29. The summed E-state index contributed by atoms with van der Waals surface area (Å²) in [6, 6.07) is 0. The summed E-state index contributed by atoms with van der Waals surface area (Å²) in [4.78, 5) is 30.5. The smallest absolute Gasteiger partial charge is 0.308 e. The highest BCUT2D eigenvalue weighted by atomic mass is 32.2. The van der Waals surface area contributed by atoms with E-state index in [-0.39, 0.29) is 23.7 Å². The number of carbonyl (C=O) groups is 2. The monoisotopic (exact) mass is 329 g/mol. The second-order valence-electron chi connectivity index (χ2n) is 5.62. The Morgan fingerprint density at radius 1 is 1.23 bits per heavy atom. The lowest BCUT2D eigenvalue weighted by Gasteiger charge is -2.19. The van der Waals surface area contributed by atoms with E-state index in [0.29, 0.717) is 0 Å². The van der Waals surface area contributed by atoms with Crippen molar-refractivity contribution < 1.29 is 22.7 Å². The summed E-state index contributed by atoms with van der Waals surface area (Å²) in [7, 11) is -3.51. The first-order valence-electron chi connectivity index (χ1n) is 6.51. The second-order valence-corrected chi connectivity index (χ2v) is 7.53. The van der Waals surface area contributed by atoms with Crippen molar-refractivity contribution in [1.82, 2.24) is 15.3 Å². The molecule has 1 aromatic rings. The fraction of sp³-hybridized carbons (Fsp3) is 0.538. The van der Waals surface area contributed by atoms with Crippen LogP contribution in [-0.2, 0) is 19.4 Å². The van der Waals surface area contributed by atoms with Gasteiger partial charge in [0.15, 0.2) is 0 Å². The summed E-state index contributed by atoms with van der Waals surface area (Å²) in [5.74, 6) is -0.917. The third kappa shape index (κ3) is 6.17. The Labute approximate surface area is 129 Å². The van der Waals surface area contributed by atoms with Gasteiger partial charge in [-0.1, -0.05) is 0 Å². The molecule has 0 fully saturated rings. The maximum absolute atomic E-state index is 11.8. The molecule has 22 heavy (non-hydrogen) atoms. The number of sulfone groups is 1. The predicted octanol–water partition coefficient (Wildman–Crippen LogP) is 0.342. The molecule has 1 rings (SSSR count). The lowest BCUT2D eigenvalue weighted by atomic mass is 10.2. The number of carbonyl (C=O) groups excluding carboxylic acids is 2. The van der Waals surface area contributed by atoms with Crippen LogP contribution in [0, 0.1) is 0 Å². The molecular formula is C13H19N3O5S. The number of ether oxygens (including phenoxy) is 1. The minimum atomic E-state index is -3.51. The predicted molar refractivity (Wildman–Crippen MR) is 77.9 cm³/mol. The summed E-state index contributed by atoms with van der Waals surface area (Å²) >= 11 is 0. The third-order valence-corrected chi connectivity index (χ3v) is 3.13. The molecule has 1 amide bonds. The lowest BCUT2D eigenvalue weighted by molar-refractivity contribution is -0.154. The van der Waals surface area contributed by atoms with Crippen LogP contribution < -0.4 is 5.32 Å². The summed E-state index contributed by atoms with van der Waals surface area (Å²) in [5.41, 5.74) is -0.465. The van der Waals surface area contributed by atoms with E-state index in [1.165, 1.54) is 0 Å². The molecule has 0 aliphatic rings. The van der Waals surface area contributed by atoms with Crippen molar-refractivity contribution in [1.29, 1.82) is 0 Å². The zero-order valence-corrected chi connectivity index (χ0v) is 13.7. The van der Waals surface area contributed by atoms with E-state index in [9.17, 15) is 18.0 Å². The van der Waals surface area contributed by atoms with Crippen molar-refractivity contribution in [3.05, 3.63) is 18.0 Å². The van der Waals surface area contributed by atoms with Crippen molar-refractivity contribution in [3.8, 4) is 0 Å². The van der Waals surface area contributed by atoms with Gasteiger partial charge in [0.1, 0.15) is 5.60 Å². The largest absolute Gasteiger partial charge is 0.460 e. The summed E-state index contributed by atoms with van der Waals surface area (Å²) in [5, 5.41) is 2.16. The first kappa shape index (κ1) is 18.0. The average Bonchev–Trinajstić information content (AvgIpc) is 2.35. The third-order valence-electron chi connectivity index (χ3n) is 2.26. The molecule has 0 radical (unpaired) electrons. The van der Waals surface area contributed by atoms with Crippen LogP contribution in [0.2, 0.25) is 0 Å². The van der Waals surface area contributed by atoms with Crippen LogP contribution in [0.4, 0.5) is 0 Å². The molecule has 0 atom stereocenters. The van der Waals surface area contributed by atoms with E-state index in [1.54, 1.807) is 20.8 Å². The van der Waals surface area contributed by atoms with Gasteiger partial charge in [-0.2, -0.15) is 0 Å². The van der Waals surface area contributed by atoms with E-state index in [2.05, 4.69) is 15.3 Å². The molecule has 0 saturated heterocycles. The molecule has 1 heterocycles. The number of hydrogen-bond donors (Lipinski definition) is 1. The molecule has 0 aliphatic carbocycles. The minimum absolute atomic E-state index is 0.0330. The Hall–Kier alpha value is -2.03. The van der Waals surface area contributed by atoms with Gasteiger partial charge >= 0.3 is 5.97 Å². The number of amides is 1. The Kier molecular flexibility index (Phi) is 5.59. The molecule has 8 nitrogen and oxygen atoms in total. The van der Waals surface area contributed by atoms with Gasteiger partial charge in [0.2, 0.25) is 15.0 Å². The van der Waals surface area contributed by atoms with Gasteiger partial charge in [-0.05, 0) is 20.8 Å². The van der Waals surface area contributed by atoms with Crippen molar-refractivity contribution in [2.45, 2.75) is 37.9 Å².